The summed E-state index contributed by atoms with van der Waals surface area (Å²) in [6.07, 6.45) is 3.16. The summed E-state index contributed by atoms with van der Waals surface area (Å²) in [6, 6.07) is 2.58. The van der Waals surface area contributed by atoms with Crippen molar-refractivity contribution in [2.24, 2.45) is 0 Å². The fourth-order valence-corrected chi connectivity index (χ4v) is 1.77. The largest absolute Gasteiger partial charge is 0.396 e. The van der Waals surface area contributed by atoms with Crippen molar-refractivity contribution in [1.29, 1.82) is 0 Å². The summed E-state index contributed by atoms with van der Waals surface area (Å²) in [5.74, 6) is 0. The number of rotatable bonds is 3. The lowest BCUT2D eigenvalue weighted by Crippen LogP contribution is -2.04. The third kappa shape index (κ3) is 1.54. The SMILES string of the molecule is OCCc1cc(Br)nn1C1CC1. The summed E-state index contributed by atoms with van der Waals surface area (Å²) in [5.41, 5.74) is 1.13. The quantitative estimate of drug-likeness (QED) is 0.856. The van der Waals surface area contributed by atoms with Crippen LogP contribution in [0, 0.1) is 0 Å². The van der Waals surface area contributed by atoms with Crippen molar-refractivity contribution in [3.05, 3.63) is 16.4 Å². The van der Waals surface area contributed by atoms with Crippen LogP contribution in [-0.4, -0.2) is 21.5 Å². The van der Waals surface area contributed by atoms with E-state index in [9.17, 15) is 0 Å². The Hall–Kier alpha value is -0.350. The molecule has 0 spiro atoms. The molecule has 0 bridgehead atoms. The first-order chi connectivity index (χ1) is 5.81. The third-order valence-corrected chi connectivity index (χ3v) is 2.43. The van der Waals surface area contributed by atoms with E-state index in [2.05, 4.69) is 21.0 Å². The second-order valence-corrected chi connectivity index (χ2v) is 3.92. The average Bonchev–Trinajstić information content (AvgIpc) is 2.79. The van der Waals surface area contributed by atoms with E-state index in [0.717, 1.165) is 10.3 Å². The maximum atomic E-state index is 8.80. The highest BCUT2D eigenvalue weighted by Crippen LogP contribution is 2.36. The van der Waals surface area contributed by atoms with Gasteiger partial charge in [-0.1, -0.05) is 0 Å². The Morgan fingerprint density at radius 3 is 3.00 bits per heavy atom. The minimum atomic E-state index is 0.199. The van der Waals surface area contributed by atoms with Gasteiger partial charge in [-0.05, 0) is 34.8 Å². The van der Waals surface area contributed by atoms with E-state index in [1.807, 2.05) is 10.7 Å². The van der Waals surface area contributed by atoms with Crippen molar-refractivity contribution in [3.63, 3.8) is 0 Å². The van der Waals surface area contributed by atoms with Crippen molar-refractivity contribution >= 4 is 15.9 Å². The Labute approximate surface area is 79.5 Å². The average molecular weight is 231 g/mol. The van der Waals surface area contributed by atoms with Crippen LogP contribution in [0.25, 0.3) is 0 Å². The molecule has 1 aliphatic rings. The number of aromatic nitrogens is 2. The first kappa shape index (κ1) is 8.26. The van der Waals surface area contributed by atoms with Crippen LogP contribution in [0.3, 0.4) is 0 Å². The van der Waals surface area contributed by atoms with Gasteiger partial charge in [0.25, 0.3) is 0 Å². The Morgan fingerprint density at radius 2 is 2.42 bits per heavy atom. The number of nitrogens with zero attached hydrogens (tertiary/aromatic N) is 2. The number of aliphatic hydroxyl groups is 1. The molecule has 12 heavy (non-hydrogen) atoms. The molecule has 1 aromatic rings. The Morgan fingerprint density at radius 1 is 1.67 bits per heavy atom. The number of hydrogen-bond donors (Lipinski definition) is 1. The van der Waals surface area contributed by atoms with Crippen molar-refractivity contribution in [2.75, 3.05) is 6.61 Å². The molecular weight excluding hydrogens is 220 g/mol. The zero-order valence-electron chi connectivity index (χ0n) is 6.70. The molecule has 1 aliphatic carbocycles. The van der Waals surface area contributed by atoms with Gasteiger partial charge in [0.1, 0.15) is 4.60 Å². The summed E-state index contributed by atoms with van der Waals surface area (Å²) in [7, 11) is 0. The van der Waals surface area contributed by atoms with E-state index < -0.39 is 0 Å². The van der Waals surface area contributed by atoms with E-state index in [0.29, 0.717) is 12.5 Å². The molecular formula is C8H11BrN2O. The molecule has 1 saturated carbocycles. The molecule has 0 aromatic carbocycles. The lowest BCUT2D eigenvalue weighted by molar-refractivity contribution is 0.295. The maximum absolute atomic E-state index is 8.80. The molecule has 2 rings (SSSR count). The minimum Gasteiger partial charge on any atom is -0.396 e. The lowest BCUT2D eigenvalue weighted by Gasteiger charge is -2.02. The molecule has 0 atom stereocenters. The van der Waals surface area contributed by atoms with E-state index in [4.69, 9.17) is 5.11 Å². The van der Waals surface area contributed by atoms with Gasteiger partial charge in [-0.25, -0.2) is 0 Å². The van der Waals surface area contributed by atoms with E-state index in [1.165, 1.54) is 12.8 Å². The van der Waals surface area contributed by atoms with E-state index >= 15 is 0 Å². The molecule has 1 fully saturated rings. The topological polar surface area (TPSA) is 38.1 Å². The summed E-state index contributed by atoms with van der Waals surface area (Å²) in [5, 5.41) is 13.1. The fourth-order valence-electron chi connectivity index (χ4n) is 1.34. The summed E-state index contributed by atoms with van der Waals surface area (Å²) in [4.78, 5) is 0. The number of aliphatic hydroxyl groups excluding tert-OH is 1. The molecule has 0 saturated heterocycles. The second kappa shape index (κ2) is 3.18. The molecule has 1 aromatic heterocycles. The van der Waals surface area contributed by atoms with Crippen molar-refractivity contribution in [2.45, 2.75) is 25.3 Å². The molecule has 1 N–H and O–H groups in total. The molecule has 3 nitrogen and oxygen atoms in total. The second-order valence-electron chi connectivity index (χ2n) is 3.11. The van der Waals surface area contributed by atoms with E-state index in [1.54, 1.807) is 0 Å². The molecule has 66 valence electrons. The first-order valence-electron chi connectivity index (χ1n) is 4.16. The van der Waals surface area contributed by atoms with Gasteiger partial charge in [0.2, 0.25) is 0 Å². The van der Waals surface area contributed by atoms with Crippen molar-refractivity contribution in [1.82, 2.24) is 9.78 Å². The van der Waals surface area contributed by atoms with Crippen LogP contribution >= 0.6 is 15.9 Å². The van der Waals surface area contributed by atoms with Crippen LogP contribution in [0.15, 0.2) is 10.7 Å². The van der Waals surface area contributed by atoms with E-state index in [-0.39, 0.29) is 6.61 Å². The van der Waals surface area contributed by atoms with Gasteiger partial charge < -0.3 is 5.11 Å². The van der Waals surface area contributed by atoms with Gasteiger partial charge in [-0.2, -0.15) is 5.10 Å². The maximum Gasteiger partial charge on any atom is 0.128 e. The fraction of sp³-hybridized carbons (Fsp3) is 0.625. The van der Waals surface area contributed by atoms with Gasteiger partial charge in [0, 0.05) is 18.7 Å². The number of halogens is 1. The van der Waals surface area contributed by atoms with Gasteiger partial charge >= 0.3 is 0 Å². The first-order valence-corrected chi connectivity index (χ1v) is 4.95. The monoisotopic (exact) mass is 230 g/mol. The van der Waals surface area contributed by atoms with Crippen molar-refractivity contribution in [3.8, 4) is 0 Å². The van der Waals surface area contributed by atoms with Crippen LogP contribution in [0.4, 0.5) is 0 Å². The molecule has 0 unspecified atom stereocenters. The van der Waals surface area contributed by atoms with Crippen LogP contribution < -0.4 is 0 Å². The minimum absolute atomic E-state index is 0.199. The van der Waals surface area contributed by atoms with Crippen LogP contribution in [-0.2, 0) is 6.42 Å². The van der Waals surface area contributed by atoms with Gasteiger partial charge in [0.05, 0.1) is 6.04 Å². The summed E-state index contributed by atoms with van der Waals surface area (Å²) in [6.45, 7) is 0.199. The summed E-state index contributed by atoms with van der Waals surface area (Å²) >= 11 is 3.34. The third-order valence-electron chi connectivity index (χ3n) is 2.04. The summed E-state index contributed by atoms with van der Waals surface area (Å²) < 4.78 is 2.90. The predicted molar refractivity (Wildman–Crippen MR) is 49.0 cm³/mol. The number of hydrogen-bond acceptors (Lipinski definition) is 2. The van der Waals surface area contributed by atoms with Gasteiger partial charge in [0.15, 0.2) is 0 Å². The van der Waals surface area contributed by atoms with Crippen LogP contribution in [0.2, 0.25) is 0 Å². The molecule has 1 heterocycles. The standard InChI is InChI=1S/C8H11BrN2O/c9-8-5-7(3-4-12)11(10-8)6-1-2-6/h5-6,12H,1-4H2. The Bertz CT molecular complexity index is 281. The van der Waals surface area contributed by atoms with Gasteiger partial charge in [-0.15, -0.1) is 0 Å². The molecule has 0 aliphatic heterocycles. The van der Waals surface area contributed by atoms with Crippen molar-refractivity contribution < 1.29 is 5.11 Å². The highest BCUT2D eigenvalue weighted by molar-refractivity contribution is 9.10. The lowest BCUT2D eigenvalue weighted by atomic mass is 10.3. The molecule has 0 amide bonds. The molecule has 4 heteroatoms. The van der Waals surface area contributed by atoms with Crippen LogP contribution in [0.5, 0.6) is 0 Å². The molecule has 0 radical (unpaired) electrons. The Balaban J connectivity index is 2.24. The smallest absolute Gasteiger partial charge is 0.128 e. The normalized spacial score (nSPS) is 16.8. The highest BCUT2D eigenvalue weighted by Gasteiger charge is 2.26. The highest BCUT2D eigenvalue weighted by atomic mass is 79.9. The van der Waals surface area contributed by atoms with Gasteiger partial charge in [-0.3, -0.25) is 4.68 Å². The zero-order chi connectivity index (χ0) is 8.55. The Kier molecular flexibility index (Phi) is 2.19. The predicted octanol–water partition coefficient (Wildman–Crippen LogP) is 1.52. The zero-order valence-corrected chi connectivity index (χ0v) is 8.29. The van der Waals surface area contributed by atoms with Crippen LogP contribution in [0.1, 0.15) is 24.6 Å².